The van der Waals surface area contributed by atoms with Gasteiger partial charge in [-0.2, -0.15) is 0 Å². The summed E-state index contributed by atoms with van der Waals surface area (Å²) < 4.78 is 5.59. The van der Waals surface area contributed by atoms with E-state index in [0.717, 1.165) is 22.3 Å². The van der Waals surface area contributed by atoms with Crippen LogP contribution in [0.2, 0.25) is 0 Å². The minimum Gasteiger partial charge on any atom is -0.480 e. The van der Waals surface area contributed by atoms with E-state index >= 15 is 0 Å². The third kappa shape index (κ3) is 2.89. The molecule has 0 spiro atoms. The van der Waals surface area contributed by atoms with Crippen LogP contribution in [0, 0.1) is 5.92 Å². The van der Waals surface area contributed by atoms with Gasteiger partial charge in [-0.25, -0.2) is 9.59 Å². The van der Waals surface area contributed by atoms with Crippen molar-refractivity contribution in [3.8, 4) is 11.1 Å². The van der Waals surface area contributed by atoms with E-state index in [9.17, 15) is 14.7 Å². The SMILES string of the molecule is C=C[C@H]1CCN(C(=O)OCC2c3ccccc3-c3ccccc32)[C@H]1C(=O)O. The van der Waals surface area contributed by atoms with Crippen molar-refractivity contribution in [1.29, 1.82) is 0 Å². The van der Waals surface area contributed by atoms with Crippen LogP contribution in [-0.4, -0.2) is 41.3 Å². The Labute approximate surface area is 157 Å². The zero-order chi connectivity index (χ0) is 19.0. The van der Waals surface area contributed by atoms with E-state index < -0.39 is 18.1 Å². The fourth-order valence-electron chi connectivity index (χ4n) is 4.26. The first-order valence-corrected chi connectivity index (χ1v) is 9.08. The van der Waals surface area contributed by atoms with Gasteiger partial charge in [-0.05, 0) is 28.7 Å². The quantitative estimate of drug-likeness (QED) is 0.837. The van der Waals surface area contributed by atoms with E-state index in [1.165, 1.54) is 4.90 Å². The molecule has 1 fully saturated rings. The van der Waals surface area contributed by atoms with Crippen molar-refractivity contribution >= 4 is 12.1 Å². The van der Waals surface area contributed by atoms with E-state index in [1.807, 2.05) is 24.3 Å². The smallest absolute Gasteiger partial charge is 0.410 e. The molecule has 0 radical (unpaired) electrons. The van der Waals surface area contributed by atoms with Crippen molar-refractivity contribution < 1.29 is 19.4 Å². The molecule has 2 aliphatic rings. The molecule has 0 bridgehead atoms. The average molecular weight is 363 g/mol. The van der Waals surface area contributed by atoms with Gasteiger partial charge in [-0.3, -0.25) is 4.90 Å². The molecular formula is C22H21NO4. The van der Waals surface area contributed by atoms with Gasteiger partial charge in [0.1, 0.15) is 12.6 Å². The lowest BCUT2D eigenvalue weighted by atomic mass is 9.98. The summed E-state index contributed by atoms with van der Waals surface area (Å²) in [5, 5.41) is 9.48. The lowest BCUT2D eigenvalue weighted by Crippen LogP contribution is -2.43. The van der Waals surface area contributed by atoms with Gasteiger partial charge < -0.3 is 9.84 Å². The molecule has 1 heterocycles. The Morgan fingerprint density at radius 1 is 1.11 bits per heavy atom. The molecule has 2 aromatic rings. The highest BCUT2D eigenvalue weighted by Gasteiger charge is 2.41. The number of carbonyl (C=O) groups excluding carboxylic acids is 1. The van der Waals surface area contributed by atoms with Crippen LogP contribution in [0.1, 0.15) is 23.5 Å². The van der Waals surface area contributed by atoms with Crippen LogP contribution in [0.25, 0.3) is 11.1 Å². The van der Waals surface area contributed by atoms with Crippen molar-refractivity contribution in [3.63, 3.8) is 0 Å². The summed E-state index contributed by atoms with van der Waals surface area (Å²) >= 11 is 0. The second-order valence-corrected chi connectivity index (χ2v) is 6.97. The Balaban J connectivity index is 1.53. The monoisotopic (exact) mass is 363 g/mol. The number of carboxylic acids is 1. The van der Waals surface area contributed by atoms with E-state index in [1.54, 1.807) is 6.08 Å². The van der Waals surface area contributed by atoms with Crippen molar-refractivity contribution in [1.82, 2.24) is 4.90 Å². The van der Waals surface area contributed by atoms with Crippen LogP contribution in [0.4, 0.5) is 4.79 Å². The van der Waals surface area contributed by atoms with Crippen molar-refractivity contribution in [2.24, 2.45) is 5.92 Å². The number of hydrogen-bond donors (Lipinski definition) is 1. The van der Waals surface area contributed by atoms with Crippen molar-refractivity contribution in [2.75, 3.05) is 13.2 Å². The molecular weight excluding hydrogens is 342 g/mol. The lowest BCUT2D eigenvalue weighted by Gasteiger charge is -2.24. The molecule has 1 amide bonds. The Bertz CT molecular complexity index is 861. The van der Waals surface area contributed by atoms with Crippen LogP contribution in [0.3, 0.4) is 0 Å². The largest absolute Gasteiger partial charge is 0.480 e. The molecule has 5 nitrogen and oxygen atoms in total. The van der Waals surface area contributed by atoms with Gasteiger partial charge in [0.2, 0.25) is 0 Å². The third-order valence-electron chi connectivity index (χ3n) is 5.57. The van der Waals surface area contributed by atoms with Crippen LogP contribution < -0.4 is 0 Å². The van der Waals surface area contributed by atoms with Crippen molar-refractivity contribution in [2.45, 2.75) is 18.4 Å². The van der Waals surface area contributed by atoms with Gasteiger partial charge in [-0.1, -0.05) is 54.6 Å². The summed E-state index contributed by atoms with van der Waals surface area (Å²) in [4.78, 5) is 25.5. The highest BCUT2D eigenvalue weighted by molar-refractivity contribution is 5.82. The number of fused-ring (bicyclic) bond motifs is 3. The topological polar surface area (TPSA) is 66.8 Å². The van der Waals surface area contributed by atoms with Gasteiger partial charge in [0.05, 0.1) is 0 Å². The summed E-state index contributed by atoms with van der Waals surface area (Å²) in [7, 11) is 0. The number of aliphatic carboxylic acids is 1. The highest BCUT2D eigenvalue weighted by Crippen LogP contribution is 2.44. The first-order chi connectivity index (χ1) is 13.1. The third-order valence-corrected chi connectivity index (χ3v) is 5.57. The fraction of sp³-hybridized carbons (Fsp3) is 0.273. The normalized spacial score (nSPS) is 20.8. The van der Waals surface area contributed by atoms with Gasteiger partial charge >= 0.3 is 12.1 Å². The predicted octanol–water partition coefficient (Wildman–Crippen LogP) is 3.90. The number of benzene rings is 2. The maximum atomic E-state index is 12.6. The second kappa shape index (κ2) is 6.91. The van der Waals surface area contributed by atoms with Crippen molar-refractivity contribution in [3.05, 3.63) is 72.3 Å². The number of nitrogens with zero attached hydrogens (tertiary/aromatic N) is 1. The molecule has 138 valence electrons. The zero-order valence-corrected chi connectivity index (χ0v) is 14.9. The summed E-state index contributed by atoms with van der Waals surface area (Å²) in [6, 6.07) is 15.3. The van der Waals surface area contributed by atoms with Crippen LogP contribution in [0.5, 0.6) is 0 Å². The van der Waals surface area contributed by atoms with E-state index in [0.29, 0.717) is 13.0 Å². The van der Waals surface area contributed by atoms with E-state index in [-0.39, 0.29) is 18.4 Å². The highest BCUT2D eigenvalue weighted by atomic mass is 16.6. The van der Waals surface area contributed by atoms with Crippen LogP contribution in [0.15, 0.2) is 61.2 Å². The number of hydrogen-bond acceptors (Lipinski definition) is 3. The predicted molar refractivity (Wildman–Crippen MR) is 102 cm³/mol. The summed E-state index contributed by atoms with van der Waals surface area (Å²) in [5.74, 6) is -1.31. The van der Waals surface area contributed by atoms with Gasteiger partial charge in [0.25, 0.3) is 0 Å². The molecule has 4 rings (SSSR count). The molecule has 2 aromatic carbocycles. The molecule has 1 aliphatic heterocycles. The van der Waals surface area contributed by atoms with Crippen LogP contribution >= 0.6 is 0 Å². The maximum absolute atomic E-state index is 12.6. The molecule has 1 aliphatic carbocycles. The molecule has 1 N–H and O–H groups in total. The summed E-state index contributed by atoms with van der Waals surface area (Å²) in [6.07, 6.45) is 1.62. The standard InChI is InChI=1S/C22H21NO4/c1-2-14-11-12-23(20(14)21(24)25)22(26)27-13-19-17-9-5-3-7-15(17)16-8-4-6-10-18(16)19/h2-10,14,19-20H,1,11-13H2,(H,24,25)/t14-,20+/m0/s1. The number of carbonyl (C=O) groups is 2. The Morgan fingerprint density at radius 2 is 1.70 bits per heavy atom. The number of carboxylic acid groups (broad SMARTS) is 1. The number of amides is 1. The van der Waals surface area contributed by atoms with Gasteiger partial charge in [-0.15, -0.1) is 6.58 Å². The summed E-state index contributed by atoms with van der Waals surface area (Å²) in [6.45, 7) is 4.24. The first-order valence-electron chi connectivity index (χ1n) is 9.08. The van der Waals surface area contributed by atoms with Gasteiger partial charge in [0, 0.05) is 18.4 Å². The number of ether oxygens (including phenoxy) is 1. The molecule has 0 saturated carbocycles. The molecule has 0 aromatic heterocycles. The Kier molecular flexibility index (Phi) is 4.44. The second-order valence-electron chi connectivity index (χ2n) is 6.97. The number of likely N-dealkylation sites (tertiary alicyclic amines) is 1. The minimum absolute atomic E-state index is 0.0394. The van der Waals surface area contributed by atoms with Gasteiger partial charge in [0.15, 0.2) is 0 Å². The van der Waals surface area contributed by atoms with Crippen LogP contribution in [-0.2, 0) is 9.53 Å². The zero-order valence-electron chi connectivity index (χ0n) is 14.9. The maximum Gasteiger partial charge on any atom is 0.410 e. The van der Waals surface area contributed by atoms with E-state index in [2.05, 4.69) is 30.8 Å². The molecule has 5 heteroatoms. The Hall–Kier alpha value is -3.08. The fourth-order valence-corrected chi connectivity index (χ4v) is 4.26. The molecule has 2 atom stereocenters. The number of rotatable bonds is 4. The lowest BCUT2D eigenvalue weighted by molar-refractivity contribution is -0.142. The molecule has 1 saturated heterocycles. The van der Waals surface area contributed by atoms with E-state index in [4.69, 9.17) is 4.74 Å². The first kappa shape index (κ1) is 17.3. The molecule has 0 unspecified atom stereocenters. The average Bonchev–Trinajstić information content (AvgIpc) is 3.26. The summed E-state index contributed by atoms with van der Waals surface area (Å²) in [5.41, 5.74) is 4.58. The molecule has 27 heavy (non-hydrogen) atoms. The Morgan fingerprint density at radius 3 is 2.26 bits per heavy atom. The minimum atomic E-state index is -1.02.